The largest absolute Gasteiger partial charge is 0.350 e. The lowest BCUT2D eigenvalue weighted by molar-refractivity contribution is -0.221. The number of benzene rings is 1. The van der Waals surface area contributed by atoms with E-state index in [1.165, 1.54) is 14.2 Å². The number of methoxy groups -OCH3 is 2. The van der Waals surface area contributed by atoms with Crippen molar-refractivity contribution in [3.05, 3.63) is 39.9 Å². The van der Waals surface area contributed by atoms with E-state index in [9.17, 15) is 9.59 Å². The van der Waals surface area contributed by atoms with Gasteiger partial charge in [-0.1, -0.05) is 42.3 Å². The monoisotopic (exact) mass is 463 g/mol. The average molecular weight is 465 g/mol. The first-order valence-electron chi connectivity index (χ1n) is 8.68. The van der Waals surface area contributed by atoms with E-state index in [0.717, 1.165) is 16.9 Å². The van der Waals surface area contributed by atoms with Gasteiger partial charge in [0.1, 0.15) is 9.75 Å². The summed E-state index contributed by atoms with van der Waals surface area (Å²) in [6.07, 6.45) is 0.836. The van der Waals surface area contributed by atoms with Gasteiger partial charge in [0.05, 0.1) is 27.6 Å². The summed E-state index contributed by atoms with van der Waals surface area (Å²) in [7, 11) is 2.66. The van der Waals surface area contributed by atoms with Crippen LogP contribution in [0.25, 0.3) is 0 Å². The Morgan fingerprint density at radius 1 is 0.929 bits per heavy atom. The minimum atomic E-state index is -1.77. The van der Waals surface area contributed by atoms with E-state index < -0.39 is 39.2 Å². The molecule has 2 amide bonds. The van der Waals surface area contributed by atoms with E-state index in [2.05, 4.69) is 0 Å². The molecular formula is C19H17Cl4NO4. The fraction of sp³-hybridized carbons (Fsp3) is 0.474. The number of imide groups is 1. The predicted octanol–water partition coefficient (Wildman–Crippen LogP) is 4.02. The molecule has 9 heteroatoms. The lowest BCUT2D eigenvalue weighted by Gasteiger charge is -2.42. The predicted molar refractivity (Wildman–Crippen MR) is 108 cm³/mol. The zero-order valence-corrected chi connectivity index (χ0v) is 18.3. The van der Waals surface area contributed by atoms with E-state index in [4.69, 9.17) is 55.9 Å². The number of hydrogen-bond acceptors (Lipinski definition) is 4. The molecule has 1 heterocycles. The Labute approximate surface area is 182 Å². The Bertz CT molecular complexity index is 867. The molecule has 1 aromatic carbocycles. The number of hydrogen-bond donors (Lipinski definition) is 0. The number of ether oxygens (including phenoxy) is 2. The Hall–Kier alpha value is -0.820. The average Bonchev–Trinajstić information content (AvgIpc) is 3.12. The number of carbonyl (C=O) groups excluding carboxylic acids is 2. The molecule has 3 aliphatic rings. The van der Waals surface area contributed by atoms with Crippen molar-refractivity contribution in [2.75, 3.05) is 19.1 Å². The van der Waals surface area contributed by atoms with E-state index in [1.54, 1.807) is 12.1 Å². The summed E-state index contributed by atoms with van der Waals surface area (Å²) < 4.78 is 11.1. The Kier molecular flexibility index (Phi) is 4.63. The molecule has 2 aliphatic carbocycles. The fourth-order valence-corrected chi connectivity index (χ4v) is 7.00. The third-order valence-corrected chi connectivity index (χ3v) is 8.74. The van der Waals surface area contributed by atoms with Crippen molar-refractivity contribution < 1.29 is 19.1 Å². The molecule has 0 aromatic heterocycles. The van der Waals surface area contributed by atoms with Crippen molar-refractivity contribution in [3.63, 3.8) is 0 Å². The van der Waals surface area contributed by atoms with Crippen LogP contribution in [0.3, 0.4) is 0 Å². The summed E-state index contributed by atoms with van der Waals surface area (Å²) in [6, 6.07) is 7.16. The minimum absolute atomic E-state index is 0.0416. The highest BCUT2D eigenvalue weighted by atomic mass is 35.5. The molecule has 4 atom stereocenters. The van der Waals surface area contributed by atoms with Crippen LogP contribution in [-0.2, 0) is 25.5 Å². The van der Waals surface area contributed by atoms with Gasteiger partial charge in [-0.05, 0) is 24.1 Å². The zero-order chi connectivity index (χ0) is 20.6. The number of anilines is 1. The Morgan fingerprint density at radius 3 is 1.71 bits per heavy atom. The van der Waals surface area contributed by atoms with Gasteiger partial charge >= 0.3 is 0 Å². The molecule has 4 rings (SSSR count). The molecule has 1 aliphatic heterocycles. The van der Waals surface area contributed by atoms with Crippen LogP contribution in [0.15, 0.2) is 34.3 Å². The number of aryl methyl sites for hydroxylation is 1. The van der Waals surface area contributed by atoms with Crippen molar-refractivity contribution in [1.29, 1.82) is 0 Å². The highest BCUT2D eigenvalue weighted by Gasteiger charge is 2.89. The molecule has 2 bridgehead atoms. The molecule has 0 unspecified atom stereocenters. The van der Waals surface area contributed by atoms with Crippen LogP contribution in [-0.4, -0.2) is 41.6 Å². The summed E-state index contributed by atoms with van der Waals surface area (Å²) in [6.45, 7) is 2.02. The third kappa shape index (κ3) is 1.94. The normalized spacial score (nSPS) is 35.9. The van der Waals surface area contributed by atoms with Gasteiger partial charge in [-0.3, -0.25) is 9.59 Å². The summed E-state index contributed by atoms with van der Waals surface area (Å²) in [5.41, 5.74) is 1.52. The van der Waals surface area contributed by atoms with E-state index in [1.807, 2.05) is 19.1 Å². The number of amides is 2. The Balaban J connectivity index is 1.88. The summed E-state index contributed by atoms with van der Waals surface area (Å²) >= 11 is 26.7. The van der Waals surface area contributed by atoms with Crippen molar-refractivity contribution in [2.45, 2.75) is 28.9 Å². The molecule has 2 fully saturated rings. The number of rotatable bonds is 4. The van der Waals surface area contributed by atoms with Crippen LogP contribution < -0.4 is 4.90 Å². The summed E-state index contributed by atoms with van der Waals surface area (Å²) in [5.74, 6) is -4.97. The van der Waals surface area contributed by atoms with Crippen molar-refractivity contribution in [2.24, 2.45) is 11.8 Å². The van der Waals surface area contributed by atoms with Gasteiger partial charge in [0, 0.05) is 14.2 Å². The number of halogens is 4. The SMILES string of the molecule is CCc1ccc(N2C(=O)[C@@H]3[C@@H](C2=O)[C@]2(Cl)C(Cl)=C(Cl)[C@]3(Cl)C2(OC)OC)cc1. The molecule has 5 nitrogen and oxygen atoms in total. The molecule has 28 heavy (non-hydrogen) atoms. The van der Waals surface area contributed by atoms with Crippen LogP contribution >= 0.6 is 46.4 Å². The molecular weight excluding hydrogens is 448 g/mol. The topological polar surface area (TPSA) is 55.8 Å². The highest BCUT2D eigenvalue weighted by molar-refractivity contribution is 6.54. The lowest BCUT2D eigenvalue weighted by atomic mass is 9.84. The third-order valence-electron chi connectivity index (χ3n) is 6.13. The van der Waals surface area contributed by atoms with Gasteiger partial charge < -0.3 is 9.47 Å². The second kappa shape index (κ2) is 6.34. The number of fused-ring (bicyclic) bond motifs is 5. The molecule has 0 radical (unpaired) electrons. The first-order valence-corrected chi connectivity index (χ1v) is 10.2. The van der Waals surface area contributed by atoms with E-state index in [-0.39, 0.29) is 10.1 Å². The standard InChI is InChI=1S/C19H17Cl4NO4/c1-4-9-5-7-10(8-6-9)24-15(25)11-12(16(24)26)18(23)14(21)13(20)17(11,22)19(18,27-2)28-3/h5-8,11-12H,4H2,1-3H3/t11-,12-,17-,18-/m0/s1. The number of alkyl halides is 2. The molecule has 0 N–H and O–H groups in total. The maximum atomic E-state index is 13.4. The highest BCUT2D eigenvalue weighted by Crippen LogP contribution is 2.75. The maximum absolute atomic E-state index is 13.4. The van der Waals surface area contributed by atoms with E-state index >= 15 is 0 Å². The molecule has 0 spiro atoms. The zero-order valence-electron chi connectivity index (χ0n) is 15.3. The second-order valence-corrected chi connectivity index (χ2v) is 9.01. The summed E-state index contributed by atoms with van der Waals surface area (Å²) in [4.78, 5) is 24.4. The first-order chi connectivity index (χ1) is 13.2. The van der Waals surface area contributed by atoms with Crippen LogP contribution in [0.1, 0.15) is 12.5 Å². The van der Waals surface area contributed by atoms with Gasteiger partial charge in [0.25, 0.3) is 0 Å². The lowest BCUT2D eigenvalue weighted by Crippen LogP contribution is -2.60. The van der Waals surface area contributed by atoms with Gasteiger partial charge in [0.15, 0.2) is 0 Å². The number of nitrogens with zero attached hydrogens (tertiary/aromatic N) is 1. The van der Waals surface area contributed by atoms with Gasteiger partial charge in [-0.2, -0.15) is 0 Å². The van der Waals surface area contributed by atoms with Crippen molar-refractivity contribution in [1.82, 2.24) is 0 Å². The quantitative estimate of drug-likeness (QED) is 0.383. The summed E-state index contributed by atoms with van der Waals surface area (Å²) in [5, 5.41) is -0.0831. The molecule has 150 valence electrons. The maximum Gasteiger partial charge on any atom is 0.240 e. The minimum Gasteiger partial charge on any atom is -0.350 e. The number of carbonyl (C=O) groups is 2. The molecule has 1 saturated heterocycles. The van der Waals surface area contributed by atoms with Gasteiger partial charge in [0.2, 0.25) is 17.6 Å². The smallest absolute Gasteiger partial charge is 0.240 e. The van der Waals surface area contributed by atoms with E-state index in [0.29, 0.717) is 5.69 Å². The van der Waals surface area contributed by atoms with Crippen LogP contribution in [0.4, 0.5) is 5.69 Å². The fourth-order valence-electron chi connectivity index (χ4n) is 4.84. The van der Waals surface area contributed by atoms with Gasteiger partial charge in [-0.15, -0.1) is 23.2 Å². The Morgan fingerprint density at radius 2 is 1.36 bits per heavy atom. The molecule has 1 aromatic rings. The van der Waals surface area contributed by atoms with Crippen molar-refractivity contribution in [3.8, 4) is 0 Å². The molecule has 1 saturated carbocycles. The first kappa shape index (κ1) is 20.5. The second-order valence-electron chi connectivity index (χ2n) is 7.06. The van der Waals surface area contributed by atoms with Gasteiger partial charge in [-0.25, -0.2) is 4.90 Å². The van der Waals surface area contributed by atoms with Crippen LogP contribution in [0.5, 0.6) is 0 Å². The van der Waals surface area contributed by atoms with Crippen molar-refractivity contribution >= 4 is 63.9 Å². The van der Waals surface area contributed by atoms with Crippen LogP contribution in [0.2, 0.25) is 0 Å². The van der Waals surface area contributed by atoms with Crippen LogP contribution in [0, 0.1) is 11.8 Å².